The predicted octanol–water partition coefficient (Wildman–Crippen LogP) is 6.24. The lowest BCUT2D eigenvalue weighted by molar-refractivity contribution is -0.114. The maximum absolute atomic E-state index is 13.5. The smallest absolute Gasteiger partial charge is 0.274 e. The minimum Gasteiger partial charge on any atom is -0.495 e. The van der Waals surface area contributed by atoms with E-state index in [-0.39, 0.29) is 23.8 Å². The summed E-state index contributed by atoms with van der Waals surface area (Å²) in [5, 5.41) is 14.1. The van der Waals surface area contributed by atoms with Crippen LogP contribution in [0.3, 0.4) is 0 Å². The van der Waals surface area contributed by atoms with E-state index in [9.17, 15) is 9.59 Å². The summed E-state index contributed by atoms with van der Waals surface area (Å²) in [6, 6.07) is 22.8. The predicted molar refractivity (Wildman–Crippen MR) is 190 cm³/mol. The van der Waals surface area contributed by atoms with Gasteiger partial charge in [-0.3, -0.25) is 14.7 Å². The zero-order chi connectivity index (χ0) is 33.5. The highest BCUT2D eigenvalue weighted by Crippen LogP contribution is 2.35. The highest BCUT2D eigenvalue weighted by Gasteiger charge is 2.22. The van der Waals surface area contributed by atoms with E-state index in [1.807, 2.05) is 91.8 Å². The second-order valence-electron chi connectivity index (χ2n) is 12.1. The molecule has 3 N–H and O–H groups in total. The number of hydrogen-bond donors (Lipinski definition) is 3. The fourth-order valence-corrected chi connectivity index (χ4v) is 5.83. The monoisotopic (exact) mass is 644 g/mol. The number of hydrogen-bond acceptors (Lipinski definition) is 9. The number of anilines is 4. The molecule has 3 heterocycles. The Morgan fingerprint density at radius 3 is 2.54 bits per heavy atom. The first kappa shape index (κ1) is 32.4. The maximum Gasteiger partial charge on any atom is 0.274 e. The van der Waals surface area contributed by atoms with Crippen LogP contribution < -0.4 is 20.3 Å². The molecule has 48 heavy (non-hydrogen) atoms. The Hall–Kier alpha value is -5.55. The quantitative estimate of drug-likeness (QED) is 0.135. The molecule has 1 saturated heterocycles. The van der Waals surface area contributed by atoms with E-state index < -0.39 is 0 Å². The zero-order valence-corrected chi connectivity index (χ0v) is 27.5. The average molecular weight is 645 g/mol. The molecular formula is C37H40N8O3. The summed E-state index contributed by atoms with van der Waals surface area (Å²) in [6.07, 6.45) is 7.21. The number of allylic oxidation sites excluding steroid dienone is 1. The first-order chi connectivity index (χ1) is 23.4. The molecule has 11 nitrogen and oxygen atoms in total. The Labute approximate surface area is 280 Å². The molecule has 3 aromatic carbocycles. The Balaban J connectivity index is 1.38. The normalized spacial score (nSPS) is 13.3. The lowest BCUT2D eigenvalue weighted by Crippen LogP contribution is -2.29. The Bertz CT molecular complexity index is 1930. The first-order valence-corrected chi connectivity index (χ1v) is 16.1. The zero-order valence-electron chi connectivity index (χ0n) is 27.5. The number of fused-ring (bicyclic) bond motifs is 1. The van der Waals surface area contributed by atoms with Crippen LogP contribution in [-0.2, 0) is 11.2 Å². The van der Waals surface area contributed by atoms with E-state index in [0.717, 1.165) is 54.2 Å². The van der Waals surface area contributed by atoms with Crippen molar-refractivity contribution in [1.82, 2.24) is 25.1 Å². The van der Waals surface area contributed by atoms with Gasteiger partial charge in [-0.1, -0.05) is 42.5 Å². The number of ether oxygens (including phenoxy) is 1. The van der Waals surface area contributed by atoms with Crippen LogP contribution in [0.5, 0.6) is 5.75 Å². The number of H-pyrrole nitrogens is 1. The van der Waals surface area contributed by atoms with Crippen LogP contribution in [0.15, 0.2) is 84.9 Å². The molecule has 0 atom stereocenters. The molecule has 1 amide bonds. The number of piperidine rings is 1. The second-order valence-corrected chi connectivity index (χ2v) is 12.1. The van der Waals surface area contributed by atoms with Crippen molar-refractivity contribution in [3.05, 3.63) is 96.2 Å². The Morgan fingerprint density at radius 1 is 0.958 bits per heavy atom. The van der Waals surface area contributed by atoms with E-state index in [1.54, 1.807) is 13.2 Å². The molecule has 1 aliphatic rings. The number of rotatable bonds is 12. The van der Waals surface area contributed by atoms with Crippen molar-refractivity contribution in [2.24, 2.45) is 0 Å². The van der Waals surface area contributed by atoms with Crippen LogP contribution in [0.2, 0.25) is 0 Å². The van der Waals surface area contributed by atoms with Crippen LogP contribution in [0.25, 0.3) is 22.3 Å². The number of benzene rings is 3. The standard InChI is InChI=1S/C37H40N8O3/c1-44(2)19-11-16-29(46)23-25-12-10-13-26(22-25)33-32-34(36(47)38-27-14-6-4-7-15-27)42-43-35(32)41-37(40-33)39-28-17-18-31(48-3)30(24-28)45-20-8-5-9-21-45/h4,6-7,10-18,22,24H,5,8-9,19-21,23H2,1-3H3,(H,38,47)(H2,39,40,41,42,43)/b16-11+. The molecule has 11 heteroatoms. The Morgan fingerprint density at radius 2 is 1.77 bits per heavy atom. The fraction of sp³-hybridized carbons (Fsp3) is 0.270. The van der Waals surface area contributed by atoms with Gasteiger partial charge in [0.25, 0.3) is 5.91 Å². The van der Waals surface area contributed by atoms with E-state index in [2.05, 4.69) is 31.8 Å². The van der Waals surface area contributed by atoms with Gasteiger partial charge in [-0.2, -0.15) is 10.1 Å². The van der Waals surface area contributed by atoms with Crippen molar-refractivity contribution in [1.29, 1.82) is 0 Å². The lowest BCUT2D eigenvalue weighted by Gasteiger charge is -2.30. The minimum atomic E-state index is -0.368. The number of carbonyl (C=O) groups excluding carboxylic acids is 2. The summed E-state index contributed by atoms with van der Waals surface area (Å²) >= 11 is 0. The first-order valence-electron chi connectivity index (χ1n) is 16.1. The fourth-order valence-electron chi connectivity index (χ4n) is 5.83. The van der Waals surface area contributed by atoms with E-state index in [1.165, 1.54) is 6.42 Å². The molecular weight excluding hydrogens is 604 g/mol. The van der Waals surface area contributed by atoms with Crippen molar-refractivity contribution in [2.45, 2.75) is 25.7 Å². The van der Waals surface area contributed by atoms with Crippen molar-refractivity contribution in [3.8, 4) is 17.0 Å². The molecule has 246 valence electrons. The summed E-state index contributed by atoms with van der Waals surface area (Å²) in [5.41, 5.74) is 5.09. The van der Waals surface area contributed by atoms with Gasteiger partial charge in [0.05, 0.1) is 23.9 Å². The van der Waals surface area contributed by atoms with Gasteiger partial charge in [0, 0.05) is 43.0 Å². The van der Waals surface area contributed by atoms with Gasteiger partial charge in [0.1, 0.15) is 11.4 Å². The largest absolute Gasteiger partial charge is 0.495 e. The van der Waals surface area contributed by atoms with Crippen molar-refractivity contribution < 1.29 is 14.3 Å². The number of amides is 1. The van der Waals surface area contributed by atoms with E-state index >= 15 is 0 Å². The number of nitrogens with one attached hydrogen (secondary N) is 3. The van der Waals surface area contributed by atoms with Crippen LogP contribution in [0.4, 0.5) is 23.0 Å². The molecule has 0 spiro atoms. The van der Waals surface area contributed by atoms with Crippen molar-refractivity contribution >= 4 is 45.7 Å². The number of ketones is 1. The molecule has 1 aliphatic heterocycles. The van der Waals surface area contributed by atoms with Gasteiger partial charge in [-0.05, 0) is 81.4 Å². The van der Waals surface area contributed by atoms with Crippen molar-refractivity contribution in [2.75, 3.05) is 56.4 Å². The Kier molecular flexibility index (Phi) is 10.1. The molecule has 0 bridgehead atoms. The third-order valence-electron chi connectivity index (χ3n) is 8.16. The number of likely N-dealkylation sites (N-methyl/N-ethyl adjacent to an activating group) is 1. The summed E-state index contributed by atoms with van der Waals surface area (Å²) in [4.78, 5) is 40.3. The average Bonchev–Trinajstić information content (AvgIpc) is 3.53. The lowest BCUT2D eigenvalue weighted by atomic mass is 10.0. The molecule has 0 radical (unpaired) electrons. The third-order valence-corrected chi connectivity index (χ3v) is 8.16. The van der Waals surface area contributed by atoms with Crippen LogP contribution in [0.1, 0.15) is 35.3 Å². The summed E-state index contributed by atoms with van der Waals surface area (Å²) in [6.45, 7) is 2.62. The highest BCUT2D eigenvalue weighted by molar-refractivity contribution is 6.13. The third kappa shape index (κ3) is 7.69. The molecule has 0 unspecified atom stereocenters. The van der Waals surface area contributed by atoms with Crippen molar-refractivity contribution in [3.63, 3.8) is 0 Å². The number of carbonyl (C=O) groups is 2. The van der Waals surface area contributed by atoms with Crippen LogP contribution >= 0.6 is 0 Å². The number of nitrogens with zero attached hydrogens (tertiary/aromatic N) is 5. The molecule has 5 aromatic rings. The SMILES string of the molecule is COc1ccc(Nc2nc(-c3cccc(CC(=O)/C=C/CN(C)C)c3)c3c(C(=O)Nc4ccccc4)[nH]nc3n2)cc1N1CCCCC1. The molecule has 0 aliphatic carbocycles. The minimum absolute atomic E-state index is 0.000514. The maximum atomic E-state index is 13.5. The molecule has 2 aromatic heterocycles. The van der Waals surface area contributed by atoms with Crippen LogP contribution in [0, 0.1) is 0 Å². The van der Waals surface area contributed by atoms with E-state index in [4.69, 9.17) is 14.7 Å². The van der Waals surface area contributed by atoms with Gasteiger partial charge >= 0.3 is 0 Å². The molecule has 0 saturated carbocycles. The molecule has 1 fully saturated rings. The number of methoxy groups -OCH3 is 1. The number of aromatic amines is 1. The van der Waals surface area contributed by atoms with Gasteiger partial charge in [0.2, 0.25) is 5.95 Å². The van der Waals surface area contributed by atoms with Gasteiger partial charge < -0.3 is 25.2 Å². The number of aromatic nitrogens is 4. The highest BCUT2D eigenvalue weighted by atomic mass is 16.5. The van der Waals surface area contributed by atoms with Gasteiger partial charge in [0.15, 0.2) is 11.4 Å². The second kappa shape index (κ2) is 14.9. The van der Waals surface area contributed by atoms with Crippen LogP contribution in [-0.4, -0.2) is 77.6 Å². The number of para-hydroxylation sites is 1. The topological polar surface area (TPSA) is 128 Å². The summed E-state index contributed by atoms with van der Waals surface area (Å²) in [5.74, 6) is 0.762. The van der Waals surface area contributed by atoms with E-state index in [0.29, 0.717) is 34.9 Å². The molecule has 6 rings (SSSR count). The van der Waals surface area contributed by atoms with Gasteiger partial charge in [-0.15, -0.1) is 0 Å². The summed E-state index contributed by atoms with van der Waals surface area (Å²) in [7, 11) is 5.59. The summed E-state index contributed by atoms with van der Waals surface area (Å²) < 4.78 is 5.69. The van der Waals surface area contributed by atoms with Gasteiger partial charge in [-0.25, -0.2) is 4.98 Å².